The van der Waals surface area contributed by atoms with Crippen molar-refractivity contribution in [2.75, 3.05) is 5.32 Å². The van der Waals surface area contributed by atoms with Gasteiger partial charge in [0.25, 0.3) is 11.6 Å². The Morgan fingerprint density at radius 3 is 2.36 bits per heavy atom. The van der Waals surface area contributed by atoms with Crippen LogP contribution in [0.3, 0.4) is 0 Å². The number of nitro groups is 1. The van der Waals surface area contributed by atoms with Crippen LogP contribution in [0.1, 0.15) is 27.0 Å². The van der Waals surface area contributed by atoms with Crippen LogP contribution in [0.25, 0.3) is 0 Å². The lowest BCUT2D eigenvalue weighted by Gasteiger charge is -2.09. The second-order valence-corrected chi connectivity index (χ2v) is 7.69. The van der Waals surface area contributed by atoms with E-state index in [9.17, 15) is 14.9 Å². The van der Waals surface area contributed by atoms with Gasteiger partial charge in [0.2, 0.25) is 0 Å². The summed E-state index contributed by atoms with van der Waals surface area (Å²) in [6.45, 7) is 5.76. The minimum Gasteiger partial charge on any atom is -0.322 e. The van der Waals surface area contributed by atoms with Crippen molar-refractivity contribution >= 4 is 29.0 Å². The van der Waals surface area contributed by atoms with Crippen LogP contribution in [0, 0.1) is 30.9 Å². The first-order valence-electron chi connectivity index (χ1n) is 8.75. The summed E-state index contributed by atoms with van der Waals surface area (Å²) in [5.41, 5.74) is 3.35. The molecule has 0 atom stereocenters. The number of hydrogen-bond donors (Lipinski definition) is 1. The van der Waals surface area contributed by atoms with Gasteiger partial charge >= 0.3 is 0 Å². The third kappa shape index (κ3) is 4.40. The summed E-state index contributed by atoms with van der Waals surface area (Å²) in [5, 5.41) is 14.0. The number of anilines is 1. The molecule has 1 amide bonds. The molecular weight excluding hydrogens is 372 g/mol. The highest BCUT2D eigenvalue weighted by Crippen LogP contribution is 2.32. The van der Waals surface area contributed by atoms with Crippen molar-refractivity contribution in [1.29, 1.82) is 0 Å². The van der Waals surface area contributed by atoms with Crippen LogP contribution >= 0.6 is 11.8 Å². The van der Waals surface area contributed by atoms with E-state index in [0.717, 1.165) is 4.90 Å². The van der Waals surface area contributed by atoms with E-state index in [1.54, 1.807) is 43.0 Å². The van der Waals surface area contributed by atoms with E-state index in [1.807, 2.05) is 12.1 Å². The monoisotopic (exact) mass is 392 g/mol. The molecule has 1 N–H and O–H groups in total. The van der Waals surface area contributed by atoms with Crippen molar-refractivity contribution in [3.63, 3.8) is 0 Å². The van der Waals surface area contributed by atoms with E-state index in [-0.39, 0.29) is 11.3 Å². The average Bonchev–Trinajstić information content (AvgIpc) is 2.65. The third-order valence-electron chi connectivity index (χ3n) is 4.35. The highest BCUT2D eigenvalue weighted by atomic mass is 32.2. The molecular formula is C22H20N2O3S. The molecule has 0 aliphatic heterocycles. The number of carbonyl (C=O) groups is 1. The second-order valence-electron chi connectivity index (χ2n) is 6.58. The van der Waals surface area contributed by atoms with Gasteiger partial charge in [0.15, 0.2) is 0 Å². The van der Waals surface area contributed by atoms with Crippen LogP contribution in [0.5, 0.6) is 0 Å². The number of para-hydroxylation sites is 1. The second kappa shape index (κ2) is 8.27. The smallest absolute Gasteiger partial charge is 0.285 e. The molecule has 142 valence electrons. The molecule has 5 nitrogen and oxygen atoms in total. The van der Waals surface area contributed by atoms with Crippen molar-refractivity contribution in [2.24, 2.45) is 0 Å². The highest BCUT2D eigenvalue weighted by Gasteiger charge is 2.22. The lowest BCUT2D eigenvalue weighted by Crippen LogP contribution is -2.14. The Morgan fingerprint density at radius 2 is 1.68 bits per heavy atom. The molecule has 3 rings (SSSR count). The molecule has 0 saturated heterocycles. The Kier molecular flexibility index (Phi) is 5.80. The number of carbonyl (C=O) groups excluding carboxylic acids is 1. The maximum atomic E-state index is 12.5. The van der Waals surface area contributed by atoms with Crippen molar-refractivity contribution in [1.82, 2.24) is 0 Å². The predicted octanol–water partition coefficient (Wildman–Crippen LogP) is 5.92. The molecule has 0 spiro atoms. The van der Waals surface area contributed by atoms with Crippen LogP contribution in [-0.4, -0.2) is 10.8 Å². The molecule has 0 unspecified atom stereocenters. The number of nitrogens with zero attached hydrogens (tertiary/aromatic N) is 1. The number of hydrogen-bond acceptors (Lipinski definition) is 4. The molecule has 0 fully saturated rings. The Hall–Kier alpha value is -3.12. The molecule has 6 heteroatoms. The summed E-state index contributed by atoms with van der Waals surface area (Å²) in [7, 11) is 0. The Bertz CT molecular complexity index is 1050. The molecule has 0 radical (unpaired) electrons. The fourth-order valence-corrected chi connectivity index (χ4v) is 3.83. The molecule has 3 aromatic rings. The third-order valence-corrected chi connectivity index (χ3v) is 5.52. The number of aryl methyl sites for hydroxylation is 3. The molecule has 0 aromatic heterocycles. The predicted molar refractivity (Wildman–Crippen MR) is 112 cm³/mol. The van der Waals surface area contributed by atoms with E-state index in [2.05, 4.69) is 37.4 Å². The van der Waals surface area contributed by atoms with Crippen LogP contribution < -0.4 is 5.32 Å². The van der Waals surface area contributed by atoms with Crippen molar-refractivity contribution in [3.05, 3.63) is 93.0 Å². The van der Waals surface area contributed by atoms with Crippen LogP contribution in [0.15, 0.2) is 70.5 Å². The maximum absolute atomic E-state index is 12.5. The molecule has 0 aliphatic carbocycles. The number of nitrogens with one attached hydrogen (secondary N) is 1. The van der Waals surface area contributed by atoms with Crippen molar-refractivity contribution in [3.8, 4) is 0 Å². The van der Waals surface area contributed by atoms with Gasteiger partial charge in [-0.15, -0.1) is 0 Å². The Morgan fingerprint density at radius 1 is 0.964 bits per heavy atom. The van der Waals surface area contributed by atoms with E-state index >= 15 is 0 Å². The first-order valence-corrected chi connectivity index (χ1v) is 9.57. The van der Waals surface area contributed by atoms with Gasteiger partial charge < -0.3 is 5.32 Å². The van der Waals surface area contributed by atoms with Gasteiger partial charge in [-0.25, -0.2) is 0 Å². The molecule has 0 saturated carbocycles. The van der Waals surface area contributed by atoms with Gasteiger partial charge in [-0.05, 0) is 68.3 Å². The maximum Gasteiger partial charge on any atom is 0.285 e. The van der Waals surface area contributed by atoms with Gasteiger partial charge in [0.05, 0.1) is 4.92 Å². The number of benzene rings is 3. The lowest BCUT2D eigenvalue weighted by molar-refractivity contribution is -0.385. The fraction of sp³-hybridized carbons (Fsp3) is 0.136. The Balaban J connectivity index is 1.76. The average molecular weight is 392 g/mol. The van der Waals surface area contributed by atoms with Gasteiger partial charge in [0.1, 0.15) is 5.56 Å². The van der Waals surface area contributed by atoms with Crippen molar-refractivity contribution in [2.45, 2.75) is 30.6 Å². The van der Waals surface area contributed by atoms with Gasteiger partial charge in [-0.1, -0.05) is 36.0 Å². The van der Waals surface area contributed by atoms with Crippen LogP contribution in [0.4, 0.5) is 11.4 Å². The zero-order valence-electron chi connectivity index (χ0n) is 15.9. The summed E-state index contributed by atoms with van der Waals surface area (Å²) in [6.07, 6.45) is 0. The lowest BCUT2D eigenvalue weighted by atomic mass is 10.1. The summed E-state index contributed by atoms with van der Waals surface area (Å²) >= 11 is 1.66. The standard InChI is InChI=1S/C22H20N2O3S/c1-14-7-8-15(2)20(13-14)28-18-11-9-17(10-12-18)23-22(25)19-6-4-5-16(3)21(19)24(26)27/h4-13H,1-3H3,(H,23,25). The zero-order valence-corrected chi connectivity index (χ0v) is 16.7. The molecule has 3 aromatic carbocycles. The van der Waals surface area contributed by atoms with Gasteiger partial charge in [0, 0.05) is 21.0 Å². The number of amides is 1. The molecule has 0 aliphatic rings. The van der Waals surface area contributed by atoms with Crippen LogP contribution in [0.2, 0.25) is 0 Å². The van der Waals surface area contributed by atoms with E-state index < -0.39 is 10.8 Å². The van der Waals surface area contributed by atoms with E-state index in [0.29, 0.717) is 11.3 Å². The molecule has 0 bridgehead atoms. The van der Waals surface area contributed by atoms with Crippen LogP contribution in [-0.2, 0) is 0 Å². The summed E-state index contributed by atoms with van der Waals surface area (Å²) < 4.78 is 0. The number of nitro benzene ring substituents is 1. The first-order chi connectivity index (χ1) is 13.3. The van der Waals surface area contributed by atoms with Gasteiger partial charge in [-0.3, -0.25) is 14.9 Å². The SMILES string of the molecule is Cc1ccc(C)c(Sc2ccc(NC(=O)c3cccc(C)c3[N+](=O)[O-])cc2)c1. The normalized spacial score (nSPS) is 10.5. The van der Waals surface area contributed by atoms with Crippen molar-refractivity contribution < 1.29 is 9.72 Å². The van der Waals surface area contributed by atoms with Gasteiger partial charge in [-0.2, -0.15) is 0 Å². The molecule has 28 heavy (non-hydrogen) atoms. The topological polar surface area (TPSA) is 72.2 Å². The molecule has 0 heterocycles. The quantitative estimate of drug-likeness (QED) is 0.432. The summed E-state index contributed by atoms with van der Waals surface area (Å²) in [6, 6.07) is 18.5. The fourth-order valence-electron chi connectivity index (χ4n) is 2.83. The Labute approximate surface area is 167 Å². The zero-order chi connectivity index (χ0) is 20.3. The van der Waals surface area contributed by atoms with E-state index in [4.69, 9.17) is 0 Å². The minimum atomic E-state index is -0.520. The summed E-state index contributed by atoms with van der Waals surface area (Å²) in [4.78, 5) is 25.5. The van der Waals surface area contributed by atoms with E-state index in [1.165, 1.54) is 22.1 Å². The number of rotatable bonds is 5. The minimum absolute atomic E-state index is 0.0545. The highest BCUT2D eigenvalue weighted by molar-refractivity contribution is 7.99. The first kappa shape index (κ1) is 19.6. The largest absolute Gasteiger partial charge is 0.322 e. The summed E-state index contributed by atoms with van der Waals surface area (Å²) in [5.74, 6) is -0.495.